The van der Waals surface area contributed by atoms with Crippen LogP contribution in [0.3, 0.4) is 0 Å². The van der Waals surface area contributed by atoms with Gasteiger partial charge in [0.25, 0.3) is 5.79 Å². The number of halogens is 3. The van der Waals surface area contributed by atoms with E-state index in [0.29, 0.717) is 6.42 Å². The molecule has 4 atom stereocenters. The number of hydrogen-bond donors (Lipinski definition) is 6. The molecule has 168 valence electrons. The third-order valence-corrected chi connectivity index (χ3v) is 5.96. The molecule has 8 N–H and O–H groups in total. The Labute approximate surface area is 174 Å². The molecule has 1 fully saturated rings. The number of nitrogens with zero attached hydrogens (tertiary/aromatic N) is 2. The van der Waals surface area contributed by atoms with Crippen LogP contribution in [-0.4, -0.2) is 68.9 Å². The molecule has 0 saturated carbocycles. The lowest BCUT2D eigenvalue weighted by Crippen LogP contribution is -2.78. The molecule has 1 aromatic rings. The highest BCUT2D eigenvalue weighted by molar-refractivity contribution is 5.91. The standard InChI is InChI=1S/C18H21F3N6O4/c1-2-10-12-16(26-14(22)25-12)17(29,30)11(7-27(16)15(23)24-10)31-13(28)8-5-3-4-6-9(8)18(19,20)21/h3-6,10-12,29-30H,2,7H2,1H3,(H5,22,23,24,25,26)/p+1/t10-,11-,12-,16-/m0/s1. The van der Waals surface area contributed by atoms with Crippen molar-refractivity contribution in [3.63, 3.8) is 0 Å². The van der Waals surface area contributed by atoms with E-state index in [1.165, 1.54) is 10.6 Å². The van der Waals surface area contributed by atoms with Crippen LogP contribution in [0, 0.1) is 0 Å². The maximum absolute atomic E-state index is 13.3. The Hall–Kier alpha value is -3.06. The zero-order valence-corrected chi connectivity index (χ0v) is 16.3. The lowest BCUT2D eigenvalue weighted by Gasteiger charge is -2.43. The van der Waals surface area contributed by atoms with Crippen LogP contribution in [0.4, 0.5) is 13.2 Å². The third-order valence-electron chi connectivity index (χ3n) is 5.96. The lowest BCUT2D eigenvalue weighted by atomic mass is 9.85. The zero-order valence-electron chi connectivity index (χ0n) is 16.3. The van der Waals surface area contributed by atoms with Crippen LogP contribution in [0.2, 0.25) is 0 Å². The van der Waals surface area contributed by atoms with Crippen LogP contribution < -0.4 is 22.1 Å². The second-order valence-electron chi connectivity index (χ2n) is 7.67. The fraction of sp³-hybridized carbons (Fsp3) is 0.500. The topological polar surface area (TPSA) is 158 Å². The maximum atomic E-state index is 13.3. The van der Waals surface area contributed by atoms with Crippen LogP contribution in [-0.2, 0) is 10.9 Å². The zero-order chi connectivity index (χ0) is 22.8. The number of benzene rings is 1. The summed E-state index contributed by atoms with van der Waals surface area (Å²) >= 11 is 0. The molecule has 0 amide bonds. The van der Waals surface area contributed by atoms with Gasteiger partial charge in [0.15, 0.2) is 12.1 Å². The molecule has 31 heavy (non-hydrogen) atoms. The second-order valence-corrected chi connectivity index (χ2v) is 7.67. The molecule has 10 nitrogen and oxygen atoms in total. The molecule has 1 saturated heterocycles. The summed E-state index contributed by atoms with van der Waals surface area (Å²) < 4.78 is 46.4. The van der Waals surface area contributed by atoms with Crippen molar-refractivity contribution >= 4 is 17.9 Å². The summed E-state index contributed by atoms with van der Waals surface area (Å²) in [6, 6.07) is 2.82. The molecular weight excluding hydrogens is 421 g/mol. The summed E-state index contributed by atoms with van der Waals surface area (Å²) in [6.07, 6.45) is -5.96. The molecule has 4 rings (SSSR count). The average Bonchev–Trinajstić information content (AvgIpc) is 3.16. The van der Waals surface area contributed by atoms with E-state index in [-0.39, 0.29) is 18.5 Å². The minimum Gasteiger partial charge on any atom is -0.449 e. The lowest BCUT2D eigenvalue weighted by molar-refractivity contribution is -0.623. The molecule has 0 bridgehead atoms. The van der Waals surface area contributed by atoms with Crippen LogP contribution in [0.5, 0.6) is 0 Å². The number of aliphatic hydroxyl groups is 2. The van der Waals surface area contributed by atoms with Gasteiger partial charge >= 0.3 is 18.1 Å². The van der Waals surface area contributed by atoms with Gasteiger partial charge in [0.1, 0.15) is 18.6 Å². The quantitative estimate of drug-likeness (QED) is 0.189. The van der Waals surface area contributed by atoms with Crippen molar-refractivity contribution < 1.29 is 37.5 Å². The summed E-state index contributed by atoms with van der Waals surface area (Å²) in [5, 5.41) is 28.0. The van der Waals surface area contributed by atoms with E-state index >= 15 is 0 Å². The van der Waals surface area contributed by atoms with Gasteiger partial charge in [-0.2, -0.15) is 13.2 Å². The number of hydrogen-bond acceptors (Lipinski definition) is 9. The Bertz CT molecular complexity index is 995. The Kier molecular flexibility index (Phi) is 4.59. The fourth-order valence-electron chi connectivity index (χ4n) is 4.52. The number of carbonyl (C=O) groups is 1. The highest BCUT2D eigenvalue weighted by Crippen LogP contribution is 2.43. The first-order chi connectivity index (χ1) is 14.4. The number of aliphatic imine (C=N–C) groups is 1. The van der Waals surface area contributed by atoms with E-state index in [1.807, 2.05) is 6.92 Å². The molecule has 0 aromatic heterocycles. The van der Waals surface area contributed by atoms with E-state index in [2.05, 4.69) is 15.6 Å². The summed E-state index contributed by atoms with van der Waals surface area (Å²) in [6.45, 7) is 1.50. The Morgan fingerprint density at radius 2 is 2.03 bits per heavy atom. The molecule has 1 aromatic carbocycles. The van der Waals surface area contributed by atoms with Crippen LogP contribution >= 0.6 is 0 Å². The Balaban J connectivity index is 1.71. The molecule has 3 aliphatic heterocycles. The first kappa shape index (κ1) is 21.2. The van der Waals surface area contributed by atoms with Crippen molar-refractivity contribution in [2.45, 2.75) is 49.2 Å². The number of ether oxygens (including phenoxy) is 1. The fourth-order valence-corrected chi connectivity index (χ4v) is 4.52. The molecule has 1 spiro atoms. The first-order valence-corrected chi connectivity index (χ1v) is 9.53. The van der Waals surface area contributed by atoms with Gasteiger partial charge in [0.2, 0.25) is 5.66 Å². The Morgan fingerprint density at radius 1 is 1.35 bits per heavy atom. The molecule has 0 unspecified atom stereocenters. The highest BCUT2D eigenvalue weighted by Gasteiger charge is 2.75. The molecule has 0 radical (unpaired) electrons. The van der Waals surface area contributed by atoms with E-state index in [9.17, 15) is 28.2 Å². The number of alkyl halides is 3. The van der Waals surface area contributed by atoms with Gasteiger partial charge in [-0.05, 0) is 18.6 Å². The third kappa shape index (κ3) is 2.91. The van der Waals surface area contributed by atoms with Crippen molar-refractivity contribution in [1.29, 1.82) is 0 Å². The van der Waals surface area contributed by atoms with Crippen LogP contribution in [0.1, 0.15) is 29.3 Å². The normalized spacial score (nSPS) is 31.3. The summed E-state index contributed by atoms with van der Waals surface area (Å²) in [5.74, 6) is -4.16. The number of nitrogens with one attached hydrogen (secondary N) is 2. The predicted molar refractivity (Wildman–Crippen MR) is 101 cm³/mol. The second kappa shape index (κ2) is 6.72. The maximum Gasteiger partial charge on any atom is 0.417 e. The number of guanidine groups is 2. The molecule has 3 heterocycles. The van der Waals surface area contributed by atoms with Gasteiger partial charge in [-0.15, -0.1) is 0 Å². The van der Waals surface area contributed by atoms with Crippen molar-refractivity contribution in [2.24, 2.45) is 16.5 Å². The number of carbonyl (C=O) groups excluding carboxylic acids is 1. The predicted octanol–water partition coefficient (Wildman–Crippen LogP) is -1.38. The van der Waals surface area contributed by atoms with Gasteiger partial charge in [0.05, 0.1) is 11.1 Å². The van der Waals surface area contributed by atoms with E-state index in [4.69, 9.17) is 16.2 Å². The van der Waals surface area contributed by atoms with Crippen molar-refractivity contribution in [3.8, 4) is 0 Å². The molecule has 0 aliphatic carbocycles. The number of nitrogens with two attached hydrogens (primary N) is 2. The molecule has 3 aliphatic rings. The van der Waals surface area contributed by atoms with E-state index in [1.54, 1.807) is 0 Å². The summed E-state index contributed by atoms with van der Waals surface area (Å²) in [7, 11) is 0. The van der Waals surface area contributed by atoms with E-state index in [0.717, 1.165) is 18.2 Å². The van der Waals surface area contributed by atoms with Crippen molar-refractivity contribution in [1.82, 2.24) is 10.6 Å². The first-order valence-electron chi connectivity index (χ1n) is 9.53. The van der Waals surface area contributed by atoms with Crippen molar-refractivity contribution in [2.75, 3.05) is 6.54 Å². The summed E-state index contributed by atoms with van der Waals surface area (Å²) in [5.41, 5.74) is 8.18. The van der Waals surface area contributed by atoms with Gasteiger partial charge < -0.3 is 26.0 Å². The van der Waals surface area contributed by atoms with Crippen LogP contribution in [0.25, 0.3) is 0 Å². The van der Waals surface area contributed by atoms with Gasteiger partial charge in [0, 0.05) is 0 Å². The average molecular weight is 443 g/mol. The summed E-state index contributed by atoms with van der Waals surface area (Å²) in [4.78, 5) is 16.9. The van der Waals surface area contributed by atoms with Crippen LogP contribution in [0.15, 0.2) is 29.3 Å². The molecular formula is C18H22F3N6O4+. The van der Waals surface area contributed by atoms with E-state index < -0.39 is 52.9 Å². The van der Waals surface area contributed by atoms with Gasteiger partial charge in [-0.1, -0.05) is 19.1 Å². The SMILES string of the molecule is CC[C@@H]1NC(N)=[N+]2C[C@H](OC(=O)c3ccccc3C(F)(F)F)C(O)(O)[C@@]23NC(N)=N[C@@H]13. The number of rotatable bonds is 3. The Morgan fingerprint density at radius 3 is 2.68 bits per heavy atom. The van der Waals surface area contributed by atoms with Gasteiger partial charge in [-0.3, -0.25) is 11.1 Å². The smallest absolute Gasteiger partial charge is 0.417 e. The minimum absolute atomic E-state index is 0.0576. The minimum atomic E-state index is -4.80. The molecule has 13 heteroatoms. The monoisotopic (exact) mass is 443 g/mol. The largest absolute Gasteiger partial charge is 0.449 e. The highest BCUT2D eigenvalue weighted by atomic mass is 19.4. The van der Waals surface area contributed by atoms with Gasteiger partial charge in [-0.25, -0.2) is 14.4 Å². The number of esters is 1. The van der Waals surface area contributed by atoms with Crippen molar-refractivity contribution in [3.05, 3.63) is 35.4 Å².